The largest absolute Gasteiger partial charge is 0.380 e. The molecular formula is C13H15FN2O. The van der Waals surface area contributed by atoms with Gasteiger partial charge in [-0.15, -0.1) is 0 Å². The highest BCUT2D eigenvalue weighted by Crippen LogP contribution is 2.14. The summed E-state index contributed by atoms with van der Waals surface area (Å²) in [5.41, 5.74) is 1.31. The van der Waals surface area contributed by atoms with Crippen molar-refractivity contribution in [1.82, 2.24) is 4.90 Å². The molecule has 0 aliphatic carbocycles. The van der Waals surface area contributed by atoms with Gasteiger partial charge in [-0.2, -0.15) is 5.26 Å². The van der Waals surface area contributed by atoms with Crippen LogP contribution in [0.25, 0.3) is 0 Å². The Labute approximate surface area is 100 Å². The first-order valence-corrected chi connectivity index (χ1v) is 5.78. The minimum atomic E-state index is -0.287. The van der Waals surface area contributed by atoms with Crippen LogP contribution >= 0.6 is 0 Å². The summed E-state index contributed by atoms with van der Waals surface area (Å²) in [5.74, 6) is -0.287. The van der Waals surface area contributed by atoms with Crippen LogP contribution in [0.5, 0.6) is 0 Å². The molecule has 0 bridgehead atoms. The average molecular weight is 234 g/mol. The lowest BCUT2D eigenvalue weighted by atomic mass is 10.1. The Kier molecular flexibility index (Phi) is 4.08. The molecule has 0 N–H and O–H groups in total. The first-order valence-electron chi connectivity index (χ1n) is 5.78. The van der Waals surface area contributed by atoms with E-state index in [1.54, 1.807) is 6.07 Å². The van der Waals surface area contributed by atoms with Gasteiger partial charge in [-0.25, -0.2) is 4.39 Å². The molecule has 1 aromatic rings. The fourth-order valence-corrected chi connectivity index (χ4v) is 2.00. The van der Waals surface area contributed by atoms with Crippen LogP contribution in [-0.4, -0.2) is 31.2 Å². The fourth-order valence-electron chi connectivity index (χ4n) is 2.00. The van der Waals surface area contributed by atoms with Crippen LogP contribution in [0.4, 0.5) is 4.39 Å². The number of benzene rings is 1. The van der Waals surface area contributed by atoms with E-state index >= 15 is 0 Å². The third-order valence-corrected chi connectivity index (χ3v) is 2.90. The van der Waals surface area contributed by atoms with Crippen molar-refractivity contribution < 1.29 is 9.13 Å². The van der Waals surface area contributed by atoms with E-state index in [9.17, 15) is 4.39 Å². The molecule has 1 heterocycles. The van der Waals surface area contributed by atoms with E-state index in [-0.39, 0.29) is 5.82 Å². The Morgan fingerprint density at radius 1 is 1.35 bits per heavy atom. The number of nitriles is 1. The van der Waals surface area contributed by atoms with Crippen LogP contribution in [0.15, 0.2) is 18.2 Å². The zero-order valence-corrected chi connectivity index (χ0v) is 9.66. The summed E-state index contributed by atoms with van der Waals surface area (Å²) in [6.45, 7) is 3.87. The molecule has 3 nitrogen and oxygen atoms in total. The molecule has 2 rings (SSSR count). The first-order chi connectivity index (χ1) is 8.29. The molecule has 1 aliphatic rings. The zero-order chi connectivity index (χ0) is 12.1. The smallest absolute Gasteiger partial charge is 0.123 e. The highest BCUT2D eigenvalue weighted by atomic mass is 19.1. The molecule has 0 atom stereocenters. The topological polar surface area (TPSA) is 36.3 Å². The maximum Gasteiger partial charge on any atom is 0.123 e. The van der Waals surface area contributed by atoms with Crippen LogP contribution in [0.3, 0.4) is 0 Å². The SMILES string of the molecule is N#Cc1ccc(F)cc1CN1CCCOCC1. The zero-order valence-electron chi connectivity index (χ0n) is 9.66. The molecule has 0 spiro atoms. The predicted octanol–water partition coefficient (Wildman–Crippen LogP) is 1.92. The number of hydrogen-bond acceptors (Lipinski definition) is 3. The molecule has 4 heteroatoms. The van der Waals surface area contributed by atoms with Gasteiger partial charge in [0.2, 0.25) is 0 Å². The second kappa shape index (κ2) is 5.76. The average Bonchev–Trinajstić information content (AvgIpc) is 2.58. The van der Waals surface area contributed by atoms with E-state index < -0.39 is 0 Å². The molecule has 17 heavy (non-hydrogen) atoms. The third kappa shape index (κ3) is 3.26. The van der Waals surface area contributed by atoms with Crippen LogP contribution in [0, 0.1) is 17.1 Å². The van der Waals surface area contributed by atoms with Gasteiger partial charge in [-0.05, 0) is 30.2 Å². The highest BCUT2D eigenvalue weighted by Gasteiger charge is 2.12. The molecule has 0 amide bonds. The summed E-state index contributed by atoms with van der Waals surface area (Å²) >= 11 is 0. The maximum absolute atomic E-state index is 13.2. The standard InChI is InChI=1S/C13H15FN2O/c14-13-3-2-11(9-15)12(8-13)10-16-4-1-6-17-7-5-16/h2-3,8H,1,4-7,10H2. The van der Waals surface area contributed by atoms with Gasteiger partial charge in [0.1, 0.15) is 5.82 Å². The molecule has 0 aromatic heterocycles. The van der Waals surface area contributed by atoms with Gasteiger partial charge < -0.3 is 4.74 Å². The van der Waals surface area contributed by atoms with Crippen molar-refractivity contribution in [3.63, 3.8) is 0 Å². The van der Waals surface area contributed by atoms with Crippen LogP contribution in [0.2, 0.25) is 0 Å². The second-order valence-electron chi connectivity index (χ2n) is 4.16. The number of nitrogens with zero attached hydrogens (tertiary/aromatic N) is 2. The quantitative estimate of drug-likeness (QED) is 0.784. The van der Waals surface area contributed by atoms with Gasteiger partial charge in [0.25, 0.3) is 0 Å². The van der Waals surface area contributed by atoms with Crippen molar-refractivity contribution >= 4 is 0 Å². The summed E-state index contributed by atoms with van der Waals surface area (Å²) in [6.07, 6.45) is 0.983. The molecule has 0 saturated carbocycles. The minimum absolute atomic E-state index is 0.287. The molecule has 0 unspecified atom stereocenters. The summed E-state index contributed by atoms with van der Waals surface area (Å²) in [4.78, 5) is 2.20. The Bertz CT molecular complexity index is 420. The fraction of sp³-hybridized carbons (Fsp3) is 0.462. The van der Waals surface area contributed by atoms with Crippen LogP contribution in [-0.2, 0) is 11.3 Å². The van der Waals surface area contributed by atoms with E-state index in [4.69, 9.17) is 10.00 Å². The molecule has 90 valence electrons. The van der Waals surface area contributed by atoms with Gasteiger partial charge in [-0.1, -0.05) is 0 Å². The number of hydrogen-bond donors (Lipinski definition) is 0. The number of ether oxygens (including phenoxy) is 1. The molecule has 1 fully saturated rings. The minimum Gasteiger partial charge on any atom is -0.380 e. The van der Waals surface area contributed by atoms with Gasteiger partial charge in [-0.3, -0.25) is 4.90 Å². The molecule has 0 radical (unpaired) electrons. The van der Waals surface area contributed by atoms with E-state index in [0.717, 1.165) is 31.7 Å². The number of rotatable bonds is 2. The monoisotopic (exact) mass is 234 g/mol. The van der Waals surface area contributed by atoms with E-state index in [1.807, 2.05) is 0 Å². The highest BCUT2D eigenvalue weighted by molar-refractivity contribution is 5.37. The van der Waals surface area contributed by atoms with Gasteiger partial charge in [0.05, 0.1) is 18.2 Å². The third-order valence-electron chi connectivity index (χ3n) is 2.90. The first kappa shape index (κ1) is 12.0. The predicted molar refractivity (Wildman–Crippen MR) is 61.8 cm³/mol. The normalized spacial score (nSPS) is 17.4. The molecular weight excluding hydrogens is 219 g/mol. The van der Waals surface area contributed by atoms with Crippen molar-refractivity contribution in [1.29, 1.82) is 5.26 Å². The van der Waals surface area contributed by atoms with Crippen molar-refractivity contribution in [2.24, 2.45) is 0 Å². The van der Waals surface area contributed by atoms with E-state index in [1.165, 1.54) is 12.1 Å². The molecule has 1 aliphatic heterocycles. The van der Waals surface area contributed by atoms with Crippen LogP contribution < -0.4 is 0 Å². The van der Waals surface area contributed by atoms with Gasteiger partial charge in [0, 0.05) is 26.2 Å². The summed E-state index contributed by atoms with van der Waals surface area (Å²) in [5, 5.41) is 8.98. The van der Waals surface area contributed by atoms with Crippen LogP contribution in [0.1, 0.15) is 17.5 Å². The van der Waals surface area contributed by atoms with Crippen molar-refractivity contribution in [3.05, 3.63) is 35.1 Å². The second-order valence-corrected chi connectivity index (χ2v) is 4.16. The van der Waals surface area contributed by atoms with E-state index in [2.05, 4.69) is 11.0 Å². The van der Waals surface area contributed by atoms with Gasteiger partial charge in [0.15, 0.2) is 0 Å². The van der Waals surface area contributed by atoms with Gasteiger partial charge >= 0.3 is 0 Å². The van der Waals surface area contributed by atoms with Crippen molar-refractivity contribution in [3.8, 4) is 6.07 Å². The van der Waals surface area contributed by atoms with Crippen molar-refractivity contribution in [2.75, 3.05) is 26.3 Å². The Morgan fingerprint density at radius 3 is 3.06 bits per heavy atom. The Hall–Kier alpha value is -1.44. The van der Waals surface area contributed by atoms with Crippen molar-refractivity contribution in [2.45, 2.75) is 13.0 Å². The van der Waals surface area contributed by atoms with E-state index in [0.29, 0.717) is 18.7 Å². The molecule has 1 aromatic carbocycles. The number of halogens is 1. The summed E-state index contributed by atoms with van der Waals surface area (Å²) in [7, 11) is 0. The lowest BCUT2D eigenvalue weighted by Crippen LogP contribution is -2.26. The lowest BCUT2D eigenvalue weighted by Gasteiger charge is -2.19. The Morgan fingerprint density at radius 2 is 2.24 bits per heavy atom. The molecule has 1 saturated heterocycles. The Balaban J connectivity index is 2.11. The summed E-state index contributed by atoms with van der Waals surface area (Å²) < 4.78 is 18.5. The maximum atomic E-state index is 13.2. The lowest BCUT2D eigenvalue weighted by molar-refractivity contribution is 0.140. The summed E-state index contributed by atoms with van der Waals surface area (Å²) in [6, 6.07) is 6.42.